The molecule has 2 unspecified atom stereocenters. The van der Waals surface area contributed by atoms with Crippen molar-refractivity contribution >= 4 is 12.0 Å². The lowest BCUT2D eigenvalue weighted by Gasteiger charge is -2.28. The highest BCUT2D eigenvalue weighted by Gasteiger charge is 2.26. The molecule has 2 rings (SSSR count). The van der Waals surface area contributed by atoms with Gasteiger partial charge in [0, 0.05) is 12.6 Å². The van der Waals surface area contributed by atoms with E-state index in [9.17, 15) is 15.0 Å². The zero-order valence-corrected chi connectivity index (χ0v) is 26.3. The van der Waals surface area contributed by atoms with Gasteiger partial charge in [0.05, 0.1) is 12.2 Å². The van der Waals surface area contributed by atoms with Crippen LogP contribution in [0.25, 0.3) is 6.08 Å². The van der Waals surface area contributed by atoms with Gasteiger partial charge in [-0.1, -0.05) is 68.2 Å². The Hall–Kier alpha value is -3.15. The lowest BCUT2D eigenvalue weighted by atomic mass is 9.78. The van der Waals surface area contributed by atoms with Crippen molar-refractivity contribution in [3.8, 4) is 23.0 Å². The van der Waals surface area contributed by atoms with Gasteiger partial charge in [-0.3, -0.25) is 4.79 Å². The number of rotatable bonds is 12. The Morgan fingerprint density at radius 1 is 0.825 bits per heavy atom. The number of hydrogen-bond donors (Lipinski definition) is 3. The highest BCUT2D eigenvalue weighted by molar-refractivity contribution is 5.91. The van der Waals surface area contributed by atoms with Gasteiger partial charge in [-0.05, 0) is 90.1 Å². The van der Waals surface area contributed by atoms with Gasteiger partial charge in [0.25, 0.3) is 0 Å². The highest BCUT2D eigenvalue weighted by atomic mass is 16.5. The molecule has 0 saturated carbocycles. The predicted octanol–water partition coefficient (Wildman–Crippen LogP) is 8.16. The van der Waals surface area contributed by atoms with Crippen molar-refractivity contribution in [2.24, 2.45) is 0 Å². The second-order valence-electron chi connectivity index (χ2n) is 12.9. The SMILES string of the molecule is CCCC(C)Oc1cc(/C=C/C(=O)NCc2cc(C(C)(C)C)c(O)c(C(C)(C)C)c2)cc(OC(C)CCC)c1O. The zero-order valence-electron chi connectivity index (χ0n) is 26.3. The van der Waals surface area contributed by atoms with Crippen LogP contribution >= 0.6 is 0 Å². The Kier molecular flexibility index (Phi) is 11.5. The third kappa shape index (κ3) is 9.50. The third-order valence-corrected chi connectivity index (χ3v) is 6.79. The molecule has 40 heavy (non-hydrogen) atoms. The van der Waals surface area contributed by atoms with Crippen LogP contribution in [0, 0.1) is 0 Å². The number of phenolic OH excluding ortho intramolecular Hbond substituents is 2. The van der Waals surface area contributed by atoms with Gasteiger partial charge in [0.2, 0.25) is 11.7 Å². The topological polar surface area (TPSA) is 88.0 Å². The van der Waals surface area contributed by atoms with Crippen molar-refractivity contribution in [3.63, 3.8) is 0 Å². The van der Waals surface area contributed by atoms with E-state index < -0.39 is 0 Å². The molecule has 0 radical (unpaired) electrons. The van der Waals surface area contributed by atoms with E-state index in [2.05, 4.69) is 60.7 Å². The number of nitrogens with one attached hydrogen (secondary N) is 1. The summed E-state index contributed by atoms with van der Waals surface area (Å²) in [5.74, 6) is 0.731. The molecule has 2 aromatic carbocycles. The number of hydrogen-bond acceptors (Lipinski definition) is 5. The van der Waals surface area contributed by atoms with Crippen LogP contribution in [0.15, 0.2) is 30.3 Å². The summed E-state index contributed by atoms with van der Waals surface area (Å²) in [6.45, 7) is 20.9. The van der Waals surface area contributed by atoms with E-state index in [1.54, 1.807) is 18.2 Å². The maximum absolute atomic E-state index is 12.8. The van der Waals surface area contributed by atoms with Crippen LogP contribution in [-0.4, -0.2) is 28.3 Å². The van der Waals surface area contributed by atoms with Crippen molar-refractivity contribution in [1.29, 1.82) is 0 Å². The van der Waals surface area contributed by atoms with Crippen LogP contribution in [0.3, 0.4) is 0 Å². The Morgan fingerprint density at radius 2 is 1.27 bits per heavy atom. The molecular formula is C34H51NO5. The normalized spacial score (nSPS) is 13.8. The van der Waals surface area contributed by atoms with Crippen LogP contribution < -0.4 is 14.8 Å². The van der Waals surface area contributed by atoms with Gasteiger partial charge in [-0.2, -0.15) is 0 Å². The number of carbonyl (C=O) groups is 1. The molecule has 2 aromatic rings. The van der Waals surface area contributed by atoms with E-state index in [4.69, 9.17) is 9.47 Å². The van der Waals surface area contributed by atoms with E-state index >= 15 is 0 Å². The Balaban J connectivity index is 2.29. The minimum absolute atomic E-state index is 0.0239. The number of amides is 1. The predicted molar refractivity (Wildman–Crippen MR) is 164 cm³/mol. The van der Waals surface area contributed by atoms with Crippen molar-refractivity contribution in [1.82, 2.24) is 5.32 Å². The van der Waals surface area contributed by atoms with Crippen LogP contribution in [0.1, 0.15) is 117 Å². The molecule has 6 heteroatoms. The van der Waals surface area contributed by atoms with E-state index in [1.165, 1.54) is 6.08 Å². The quantitative estimate of drug-likeness (QED) is 0.231. The summed E-state index contributed by atoms with van der Waals surface area (Å²) < 4.78 is 12.0. The second kappa shape index (κ2) is 14.0. The van der Waals surface area contributed by atoms with Crippen LogP contribution in [0.5, 0.6) is 23.0 Å². The molecule has 0 spiro atoms. The molecule has 0 aromatic heterocycles. The molecule has 1 amide bonds. The average molecular weight is 554 g/mol. The number of phenols is 2. The summed E-state index contributed by atoms with van der Waals surface area (Å²) in [6.07, 6.45) is 6.68. The smallest absolute Gasteiger partial charge is 0.244 e. The number of aromatic hydroxyl groups is 2. The minimum Gasteiger partial charge on any atom is -0.507 e. The Bertz CT molecular complexity index is 1100. The number of ether oxygens (including phenoxy) is 2. The lowest BCUT2D eigenvalue weighted by molar-refractivity contribution is -0.116. The Morgan fingerprint density at radius 3 is 1.68 bits per heavy atom. The van der Waals surface area contributed by atoms with Crippen LogP contribution in [0.2, 0.25) is 0 Å². The van der Waals surface area contributed by atoms with Gasteiger partial charge >= 0.3 is 0 Å². The summed E-state index contributed by atoms with van der Waals surface area (Å²) in [5.41, 5.74) is 2.86. The van der Waals surface area contributed by atoms with Crippen molar-refractivity contribution < 1.29 is 24.5 Å². The number of benzene rings is 2. The molecule has 0 aliphatic heterocycles. The maximum Gasteiger partial charge on any atom is 0.244 e. The molecular weight excluding hydrogens is 502 g/mol. The minimum atomic E-state index is -0.251. The second-order valence-corrected chi connectivity index (χ2v) is 12.9. The maximum atomic E-state index is 12.8. The standard InChI is InChI=1S/C34H51NO5/c1-11-13-22(3)39-28-19-24(20-29(32(28)38)40-23(4)14-12-2)15-16-30(36)35-21-25-17-26(33(5,6)7)31(37)27(18-25)34(8,9)10/h15-20,22-23,37-38H,11-14,21H2,1-10H3,(H,35,36)/b16-15+. The fourth-order valence-corrected chi connectivity index (χ4v) is 4.60. The van der Waals surface area contributed by atoms with Gasteiger partial charge in [-0.25, -0.2) is 0 Å². The summed E-state index contributed by atoms with van der Waals surface area (Å²) in [4.78, 5) is 12.8. The monoisotopic (exact) mass is 553 g/mol. The first-order valence-electron chi connectivity index (χ1n) is 14.6. The molecule has 0 bridgehead atoms. The molecule has 0 heterocycles. The fraction of sp³-hybridized carbons (Fsp3) is 0.559. The van der Waals surface area contributed by atoms with E-state index in [-0.39, 0.29) is 34.7 Å². The van der Waals surface area contributed by atoms with Gasteiger partial charge in [-0.15, -0.1) is 0 Å². The number of carbonyl (C=O) groups excluding carboxylic acids is 1. The van der Waals surface area contributed by atoms with E-state index in [0.717, 1.165) is 42.4 Å². The van der Waals surface area contributed by atoms with Crippen LogP contribution in [0.4, 0.5) is 0 Å². The third-order valence-electron chi connectivity index (χ3n) is 6.79. The molecule has 222 valence electrons. The highest BCUT2D eigenvalue weighted by Crippen LogP contribution is 2.41. The van der Waals surface area contributed by atoms with Crippen molar-refractivity contribution in [2.75, 3.05) is 0 Å². The molecule has 2 atom stereocenters. The summed E-state index contributed by atoms with van der Waals surface area (Å²) in [6, 6.07) is 7.40. The first-order valence-corrected chi connectivity index (χ1v) is 14.6. The van der Waals surface area contributed by atoms with Gasteiger partial charge in [0.1, 0.15) is 5.75 Å². The van der Waals surface area contributed by atoms with Crippen LogP contribution in [-0.2, 0) is 22.2 Å². The first-order chi connectivity index (χ1) is 18.6. The molecule has 0 aliphatic carbocycles. The lowest BCUT2D eigenvalue weighted by Crippen LogP contribution is -2.22. The Labute approximate surface area is 241 Å². The summed E-state index contributed by atoms with van der Waals surface area (Å²) in [7, 11) is 0. The van der Waals surface area contributed by atoms with E-state index in [1.807, 2.05) is 26.0 Å². The molecule has 0 fully saturated rings. The summed E-state index contributed by atoms with van der Waals surface area (Å²) >= 11 is 0. The van der Waals surface area contributed by atoms with Gasteiger partial charge < -0.3 is 25.0 Å². The molecule has 0 saturated heterocycles. The summed E-state index contributed by atoms with van der Waals surface area (Å²) in [5, 5.41) is 24.8. The fourth-order valence-electron chi connectivity index (χ4n) is 4.60. The average Bonchev–Trinajstić information content (AvgIpc) is 2.83. The van der Waals surface area contributed by atoms with E-state index in [0.29, 0.717) is 29.4 Å². The van der Waals surface area contributed by atoms with Crippen molar-refractivity contribution in [3.05, 3.63) is 52.6 Å². The zero-order chi connectivity index (χ0) is 30.3. The molecule has 3 N–H and O–H groups in total. The largest absolute Gasteiger partial charge is 0.507 e. The van der Waals surface area contributed by atoms with Crippen molar-refractivity contribution in [2.45, 2.75) is 125 Å². The first kappa shape index (κ1) is 33.1. The molecule has 0 aliphatic rings. The van der Waals surface area contributed by atoms with Gasteiger partial charge in [0.15, 0.2) is 11.5 Å². The molecule has 6 nitrogen and oxygen atoms in total.